The van der Waals surface area contributed by atoms with Crippen LogP contribution in [0, 0.1) is 0 Å². The molecule has 0 bridgehead atoms. The molecule has 2 aromatic rings. The van der Waals surface area contributed by atoms with E-state index >= 15 is 0 Å². The molecule has 1 aromatic carbocycles. The van der Waals surface area contributed by atoms with Gasteiger partial charge < -0.3 is 19.5 Å². The second kappa shape index (κ2) is 7.67. The molecule has 1 amide bonds. The molecule has 0 saturated heterocycles. The summed E-state index contributed by atoms with van der Waals surface area (Å²) in [6.45, 7) is 3.44. The van der Waals surface area contributed by atoms with E-state index in [1.807, 2.05) is 49.2 Å². The first kappa shape index (κ1) is 16.9. The van der Waals surface area contributed by atoms with E-state index in [2.05, 4.69) is 10.3 Å². The smallest absolute Gasteiger partial charge is 0.243 e. The Labute approximate surface area is 136 Å². The minimum Gasteiger partial charge on any atom is -0.459 e. The highest BCUT2D eigenvalue weighted by Crippen LogP contribution is 2.19. The fraction of sp³-hybridized carbons (Fsp3) is 0.412. The van der Waals surface area contributed by atoms with Crippen molar-refractivity contribution in [3.05, 3.63) is 36.1 Å². The van der Waals surface area contributed by atoms with Crippen molar-refractivity contribution in [1.82, 2.24) is 15.1 Å². The average molecular weight is 316 g/mol. The quantitative estimate of drug-likeness (QED) is 0.676. The van der Waals surface area contributed by atoms with E-state index in [0.717, 1.165) is 23.3 Å². The zero-order chi connectivity index (χ0) is 16.8. The van der Waals surface area contributed by atoms with Crippen LogP contribution in [0.15, 0.2) is 39.7 Å². The summed E-state index contributed by atoms with van der Waals surface area (Å²) in [5.41, 5.74) is 0.876. The number of hydrogen-bond donors (Lipinski definition) is 1. The third-order valence-corrected chi connectivity index (χ3v) is 3.43. The number of benzene rings is 1. The summed E-state index contributed by atoms with van der Waals surface area (Å²) in [5, 5.41) is 4.28. The topological polar surface area (TPSA) is 61.1 Å². The molecule has 0 atom stereocenters. The van der Waals surface area contributed by atoms with Gasteiger partial charge in [-0.25, -0.2) is 4.99 Å². The highest BCUT2D eigenvalue weighted by molar-refractivity contribution is 5.84. The van der Waals surface area contributed by atoms with Gasteiger partial charge in [0.25, 0.3) is 0 Å². The maximum atomic E-state index is 11.7. The molecule has 2 rings (SSSR count). The van der Waals surface area contributed by atoms with Gasteiger partial charge in [-0.1, -0.05) is 18.2 Å². The van der Waals surface area contributed by atoms with Crippen molar-refractivity contribution in [2.75, 3.05) is 34.2 Å². The highest BCUT2D eigenvalue weighted by Gasteiger charge is 2.11. The molecule has 1 N–H and O–H groups in total. The van der Waals surface area contributed by atoms with Crippen LogP contribution in [0.1, 0.15) is 12.7 Å². The predicted molar refractivity (Wildman–Crippen MR) is 92.4 cm³/mol. The molecule has 6 heteroatoms. The van der Waals surface area contributed by atoms with Gasteiger partial charge in [-0.05, 0) is 19.1 Å². The Morgan fingerprint density at radius 1 is 1.26 bits per heavy atom. The molecule has 0 fully saturated rings. The van der Waals surface area contributed by atoms with E-state index in [-0.39, 0.29) is 12.5 Å². The molecule has 23 heavy (non-hydrogen) atoms. The van der Waals surface area contributed by atoms with Crippen molar-refractivity contribution in [1.29, 1.82) is 0 Å². The fourth-order valence-corrected chi connectivity index (χ4v) is 2.18. The number of likely N-dealkylation sites (N-methyl/N-ethyl adjacent to an activating group) is 1. The Kier molecular flexibility index (Phi) is 5.62. The maximum absolute atomic E-state index is 11.7. The number of fused-ring (bicyclic) bond motifs is 1. The lowest BCUT2D eigenvalue weighted by atomic mass is 10.2. The first-order valence-corrected chi connectivity index (χ1v) is 7.68. The Morgan fingerprint density at radius 3 is 2.65 bits per heavy atom. The van der Waals surface area contributed by atoms with Crippen LogP contribution in [0.25, 0.3) is 11.0 Å². The van der Waals surface area contributed by atoms with Crippen molar-refractivity contribution in [2.45, 2.75) is 13.5 Å². The van der Waals surface area contributed by atoms with Crippen LogP contribution in [0.4, 0.5) is 0 Å². The summed E-state index contributed by atoms with van der Waals surface area (Å²) in [5.74, 6) is 1.51. The lowest BCUT2D eigenvalue weighted by molar-refractivity contribution is -0.127. The van der Waals surface area contributed by atoms with Gasteiger partial charge >= 0.3 is 0 Å². The van der Waals surface area contributed by atoms with E-state index in [1.54, 1.807) is 14.1 Å². The van der Waals surface area contributed by atoms with Crippen LogP contribution in [0.2, 0.25) is 0 Å². The predicted octanol–water partition coefficient (Wildman–Crippen LogP) is 1.92. The van der Waals surface area contributed by atoms with Gasteiger partial charge in [0.2, 0.25) is 5.91 Å². The van der Waals surface area contributed by atoms with E-state index in [9.17, 15) is 4.79 Å². The van der Waals surface area contributed by atoms with Crippen LogP contribution >= 0.6 is 0 Å². The Balaban J connectivity index is 2.09. The summed E-state index contributed by atoms with van der Waals surface area (Å²) < 4.78 is 5.83. The third-order valence-electron chi connectivity index (χ3n) is 3.43. The average Bonchev–Trinajstić information content (AvgIpc) is 2.92. The molecule has 0 aliphatic heterocycles. The lowest BCUT2D eigenvalue weighted by Crippen LogP contribution is -2.39. The summed E-state index contributed by atoms with van der Waals surface area (Å²) in [6.07, 6.45) is 0. The second-order valence-electron chi connectivity index (χ2n) is 5.56. The van der Waals surface area contributed by atoms with E-state index < -0.39 is 0 Å². The molecular formula is C17H24N4O2. The van der Waals surface area contributed by atoms with Crippen molar-refractivity contribution < 1.29 is 9.21 Å². The number of guanidine groups is 1. The summed E-state index contributed by atoms with van der Waals surface area (Å²) in [4.78, 5) is 19.6. The molecule has 0 aliphatic rings. The highest BCUT2D eigenvalue weighted by atomic mass is 16.3. The normalized spacial score (nSPS) is 11.6. The molecule has 0 unspecified atom stereocenters. The number of nitrogens with zero attached hydrogens (tertiary/aromatic N) is 3. The lowest BCUT2D eigenvalue weighted by Gasteiger charge is -2.21. The van der Waals surface area contributed by atoms with Crippen molar-refractivity contribution in [2.24, 2.45) is 4.99 Å². The fourth-order valence-electron chi connectivity index (χ4n) is 2.18. The zero-order valence-corrected chi connectivity index (χ0v) is 14.2. The van der Waals surface area contributed by atoms with E-state index in [4.69, 9.17) is 4.42 Å². The van der Waals surface area contributed by atoms with Gasteiger partial charge in [0.05, 0.1) is 6.54 Å². The van der Waals surface area contributed by atoms with Crippen LogP contribution in [0.3, 0.4) is 0 Å². The number of nitrogens with one attached hydrogen (secondary N) is 1. The van der Waals surface area contributed by atoms with Gasteiger partial charge in [-0.15, -0.1) is 0 Å². The zero-order valence-electron chi connectivity index (χ0n) is 14.2. The van der Waals surface area contributed by atoms with Gasteiger partial charge in [0, 0.05) is 33.1 Å². The summed E-state index contributed by atoms with van der Waals surface area (Å²) >= 11 is 0. The van der Waals surface area contributed by atoms with Gasteiger partial charge in [-0.3, -0.25) is 4.79 Å². The molecule has 1 heterocycles. The van der Waals surface area contributed by atoms with E-state index in [1.165, 1.54) is 4.90 Å². The monoisotopic (exact) mass is 316 g/mol. The van der Waals surface area contributed by atoms with Gasteiger partial charge in [0.15, 0.2) is 5.96 Å². The Hall–Kier alpha value is -2.50. The van der Waals surface area contributed by atoms with Crippen molar-refractivity contribution in [3.63, 3.8) is 0 Å². The molecular weight excluding hydrogens is 292 g/mol. The number of hydrogen-bond acceptors (Lipinski definition) is 3. The van der Waals surface area contributed by atoms with Crippen molar-refractivity contribution in [3.8, 4) is 0 Å². The first-order chi connectivity index (χ1) is 11.0. The maximum Gasteiger partial charge on any atom is 0.243 e. The molecule has 0 saturated carbocycles. The van der Waals surface area contributed by atoms with Gasteiger partial charge in [0.1, 0.15) is 17.9 Å². The van der Waals surface area contributed by atoms with Crippen molar-refractivity contribution >= 4 is 22.8 Å². The number of carbonyl (C=O) groups excluding carboxylic acids is 1. The molecule has 0 spiro atoms. The SMILES string of the molecule is CCNC(=NCC(=O)N(C)C)N(C)Cc1cc2ccccc2o1. The number of amides is 1. The van der Waals surface area contributed by atoms with Crippen LogP contribution < -0.4 is 5.32 Å². The Bertz CT molecular complexity index is 658. The van der Waals surface area contributed by atoms with Crippen LogP contribution in [0.5, 0.6) is 0 Å². The number of furan rings is 1. The number of carbonyl (C=O) groups is 1. The number of rotatable bonds is 5. The van der Waals surface area contributed by atoms with E-state index in [0.29, 0.717) is 12.5 Å². The second-order valence-corrected chi connectivity index (χ2v) is 5.56. The molecule has 0 radical (unpaired) electrons. The number of aliphatic imine (C=N–C) groups is 1. The Morgan fingerprint density at radius 2 is 2.00 bits per heavy atom. The first-order valence-electron chi connectivity index (χ1n) is 7.68. The molecule has 1 aromatic heterocycles. The van der Waals surface area contributed by atoms with Gasteiger partial charge in [-0.2, -0.15) is 0 Å². The molecule has 0 aliphatic carbocycles. The minimum atomic E-state index is -0.0301. The van der Waals surface area contributed by atoms with Crippen LogP contribution in [-0.4, -0.2) is 55.9 Å². The summed E-state index contributed by atoms with van der Waals surface area (Å²) in [7, 11) is 5.38. The largest absolute Gasteiger partial charge is 0.459 e. The summed E-state index contributed by atoms with van der Waals surface area (Å²) in [6, 6.07) is 9.95. The standard InChI is InChI=1S/C17H24N4O2/c1-5-18-17(19-11-16(22)20(2)3)21(4)12-14-10-13-8-6-7-9-15(13)23-14/h6-10H,5,11-12H2,1-4H3,(H,18,19). The van der Waals surface area contributed by atoms with Crippen LogP contribution in [-0.2, 0) is 11.3 Å². The number of para-hydroxylation sites is 1. The molecule has 6 nitrogen and oxygen atoms in total. The molecule has 124 valence electrons. The third kappa shape index (κ3) is 4.48. The minimum absolute atomic E-state index is 0.0301.